The Morgan fingerprint density at radius 3 is 2.73 bits per heavy atom. The monoisotopic (exact) mass is 345 g/mol. The first kappa shape index (κ1) is 16.7. The molecule has 4 heteroatoms. The molecule has 1 aromatic heterocycles. The summed E-state index contributed by atoms with van der Waals surface area (Å²) in [6, 6.07) is 16.3. The Bertz CT molecular complexity index is 909. The Morgan fingerprint density at radius 2 is 1.88 bits per heavy atom. The highest BCUT2D eigenvalue weighted by atomic mass is 16.5. The quantitative estimate of drug-likeness (QED) is 0.712. The molecule has 2 aromatic carbocycles. The van der Waals surface area contributed by atoms with E-state index in [-0.39, 0.29) is 0 Å². The maximum atomic E-state index is 6.05. The molecule has 0 saturated heterocycles. The van der Waals surface area contributed by atoms with Crippen molar-refractivity contribution in [1.82, 2.24) is 14.9 Å². The fourth-order valence-corrected chi connectivity index (χ4v) is 3.25. The van der Waals surface area contributed by atoms with E-state index in [0.717, 1.165) is 42.3 Å². The lowest BCUT2D eigenvalue weighted by Gasteiger charge is -2.28. The van der Waals surface area contributed by atoms with E-state index in [1.165, 1.54) is 16.7 Å². The molecule has 4 rings (SSSR count). The van der Waals surface area contributed by atoms with Crippen LogP contribution in [0.1, 0.15) is 22.4 Å². The molecule has 26 heavy (non-hydrogen) atoms. The molecule has 0 bridgehead atoms. The van der Waals surface area contributed by atoms with E-state index >= 15 is 0 Å². The zero-order valence-electron chi connectivity index (χ0n) is 15.3. The molecule has 4 nitrogen and oxygen atoms in total. The number of benzene rings is 2. The van der Waals surface area contributed by atoms with Gasteiger partial charge in [-0.2, -0.15) is 0 Å². The van der Waals surface area contributed by atoms with E-state index in [9.17, 15) is 0 Å². The van der Waals surface area contributed by atoms with E-state index in [1.807, 2.05) is 36.5 Å². The molecule has 132 valence electrons. The maximum Gasteiger partial charge on any atom is 0.159 e. The number of rotatable bonds is 4. The summed E-state index contributed by atoms with van der Waals surface area (Å²) in [6.45, 7) is 6.58. The van der Waals surface area contributed by atoms with Crippen LogP contribution in [0, 0.1) is 13.8 Å². The summed E-state index contributed by atoms with van der Waals surface area (Å²) in [6.07, 6.45) is 2.89. The van der Waals surface area contributed by atoms with Gasteiger partial charge in [-0.15, -0.1) is 0 Å². The molecule has 1 aliphatic rings. The maximum absolute atomic E-state index is 6.05. The molecule has 0 N–H and O–H groups in total. The molecule has 0 spiro atoms. The first-order chi connectivity index (χ1) is 12.7. The van der Waals surface area contributed by atoms with Gasteiger partial charge in [0.05, 0.1) is 5.69 Å². The molecule has 0 aliphatic carbocycles. The molecule has 2 heterocycles. The van der Waals surface area contributed by atoms with Crippen LogP contribution in [0.3, 0.4) is 0 Å². The Hall–Kier alpha value is -2.72. The SMILES string of the molecule is Cc1cccc(OCN2CCc3nc(-c4ccccc4)ncc3C2)c1C. The van der Waals surface area contributed by atoms with Crippen LogP contribution in [0.25, 0.3) is 11.4 Å². The van der Waals surface area contributed by atoms with Gasteiger partial charge in [0.1, 0.15) is 12.5 Å². The summed E-state index contributed by atoms with van der Waals surface area (Å²) >= 11 is 0. The van der Waals surface area contributed by atoms with E-state index in [2.05, 4.69) is 41.9 Å². The minimum atomic E-state index is 0.587. The highest BCUT2D eigenvalue weighted by Gasteiger charge is 2.19. The minimum absolute atomic E-state index is 0.587. The van der Waals surface area contributed by atoms with Gasteiger partial charge >= 0.3 is 0 Å². The topological polar surface area (TPSA) is 38.2 Å². The minimum Gasteiger partial charge on any atom is -0.478 e. The van der Waals surface area contributed by atoms with Crippen molar-refractivity contribution in [3.63, 3.8) is 0 Å². The highest BCUT2D eigenvalue weighted by molar-refractivity contribution is 5.54. The van der Waals surface area contributed by atoms with E-state index in [1.54, 1.807) is 0 Å². The van der Waals surface area contributed by atoms with Gasteiger partial charge in [-0.05, 0) is 31.0 Å². The van der Waals surface area contributed by atoms with Gasteiger partial charge in [-0.1, -0.05) is 42.5 Å². The zero-order valence-corrected chi connectivity index (χ0v) is 15.3. The van der Waals surface area contributed by atoms with Gasteiger partial charge in [0, 0.05) is 36.8 Å². The number of aromatic nitrogens is 2. The number of nitrogens with zero attached hydrogens (tertiary/aromatic N) is 3. The predicted octanol–water partition coefficient (Wildman–Crippen LogP) is 4.16. The Labute approximate surface area is 154 Å². The van der Waals surface area contributed by atoms with Crippen molar-refractivity contribution >= 4 is 0 Å². The summed E-state index contributed by atoms with van der Waals surface area (Å²) in [7, 11) is 0. The van der Waals surface area contributed by atoms with Crippen LogP contribution in [0.2, 0.25) is 0 Å². The number of hydrogen-bond donors (Lipinski definition) is 0. The molecule has 0 atom stereocenters. The molecule has 0 saturated carbocycles. The van der Waals surface area contributed by atoms with Crippen LogP contribution in [-0.4, -0.2) is 28.1 Å². The number of aryl methyl sites for hydroxylation is 1. The van der Waals surface area contributed by atoms with Crippen molar-refractivity contribution < 1.29 is 4.74 Å². The van der Waals surface area contributed by atoms with Crippen LogP contribution in [0.5, 0.6) is 5.75 Å². The highest BCUT2D eigenvalue weighted by Crippen LogP contribution is 2.23. The standard InChI is InChI=1S/C22H23N3O/c1-16-7-6-10-21(17(16)2)26-15-25-12-11-20-19(14-25)13-23-22(24-20)18-8-4-3-5-9-18/h3-10,13H,11-12,14-15H2,1-2H3. The lowest BCUT2D eigenvalue weighted by molar-refractivity contribution is 0.112. The first-order valence-electron chi connectivity index (χ1n) is 9.02. The normalized spacial score (nSPS) is 14.1. The average molecular weight is 345 g/mol. The van der Waals surface area contributed by atoms with Crippen molar-refractivity contribution in [2.24, 2.45) is 0 Å². The van der Waals surface area contributed by atoms with Gasteiger partial charge in [0.25, 0.3) is 0 Å². The van der Waals surface area contributed by atoms with Crippen molar-refractivity contribution in [2.75, 3.05) is 13.3 Å². The average Bonchev–Trinajstić information content (AvgIpc) is 2.69. The lowest BCUT2D eigenvalue weighted by Crippen LogP contribution is -2.34. The molecular formula is C22H23N3O. The molecule has 0 radical (unpaired) electrons. The van der Waals surface area contributed by atoms with E-state index in [4.69, 9.17) is 9.72 Å². The van der Waals surface area contributed by atoms with Crippen molar-refractivity contribution in [1.29, 1.82) is 0 Å². The molecule has 0 unspecified atom stereocenters. The number of ether oxygens (including phenoxy) is 1. The second kappa shape index (κ2) is 7.26. The third-order valence-corrected chi connectivity index (χ3v) is 5.00. The van der Waals surface area contributed by atoms with E-state index in [0.29, 0.717) is 6.73 Å². The first-order valence-corrected chi connectivity index (χ1v) is 9.02. The van der Waals surface area contributed by atoms with Gasteiger partial charge in [-0.25, -0.2) is 9.97 Å². The lowest BCUT2D eigenvalue weighted by atomic mass is 10.1. The Kier molecular flexibility index (Phi) is 4.67. The van der Waals surface area contributed by atoms with E-state index < -0.39 is 0 Å². The Morgan fingerprint density at radius 1 is 1.04 bits per heavy atom. The molecule has 0 amide bonds. The zero-order chi connectivity index (χ0) is 17.9. The van der Waals surface area contributed by atoms with Crippen LogP contribution in [0.4, 0.5) is 0 Å². The van der Waals surface area contributed by atoms with Gasteiger partial charge in [-0.3, -0.25) is 4.90 Å². The van der Waals surface area contributed by atoms with Gasteiger partial charge < -0.3 is 4.74 Å². The second-order valence-electron chi connectivity index (χ2n) is 6.81. The fraction of sp³-hybridized carbons (Fsp3) is 0.273. The fourth-order valence-electron chi connectivity index (χ4n) is 3.25. The van der Waals surface area contributed by atoms with Crippen LogP contribution < -0.4 is 4.74 Å². The third kappa shape index (κ3) is 3.46. The molecule has 1 aliphatic heterocycles. The number of hydrogen-bond acceptors (Lipinski definition) is 4. The van der Waals surface area contributed by atoms with Crippen LogP contribution in [0.15, 0.2) is 54.7 Å². The predicted molar refractivity (Wildman–Crippen MR) is 103 cm³/mol. The Balaban J connectivity index is 1.44. The smallest absolute Gasteiger partial charge is 0.159 e. The second-order valence-corrected chi connectivity index (χ2v) is 6.81. The third-order valence-electron chi connectivity index (χ3n) is 5.00. The van der Waals surface area contributed by atoms with Gasteiger partial charge in [0.15, 0.2) is 5.82 Å². The number of fused-ring (bicyclic) bond motifs is 1. The molecule has 0 fully saturated rings. The van der Waals surface area contributed by atoms with Crippen molar-refractivity contribution in [3.8, 4) is 17.1 Å². The van der Waals surface area contributed by atoms with Gasteiger partial charge in [0.2, 0.25) is 0 Å². The van der Waals surface area contributed by atoms with Crippen LogP contribution >= 0.6 is 0 Å². The summed E-state index contributed by atoms with van der Waals surface area (Å²) in [5.41, 5.74) is 5.88. The molecular weight excluding hydrogens is 322 g/mol. The summed E-state index contributed by atoms with van der Waals surface area (Å²) in [4.78, 5) is 11.6. The van der Waals surface area contributed by atoms with Crippen molar-refractivity contribution in [2.45, 2.75) is 26.8 Å². The molecule has 3 aromatic rings. The summed E-state index contributed by atoms with van der Waals surface area (Å²) in [5.74, 6) is 1.77. The van der Waals surface area contributed by atoms with Crippen molar-refractivity contribution in [3.05, 3.63) is 77.1 Å². The summed E-state index contributed by atoms with van der Waals surface area (Å²) in [5, 5.41) is 0. The van der Waals surface area contributed by atoms with Crippen LogP contribution in [-0.2, 0) is 13.0 Å². The largest absolute Gasteiger partial charge is 0.478 e. The summed E-state index contributed by atoms with van der Waals surface area (Å²) < 4.78 is 6.05.